The molecule has 0 aromatic heterocycles. The van der Waals surface area contributed by atoms with Gasteiger partial charge in [0.05, 0.1) is 6.61 Å². The smallest absolute Gasteiger partial charge is 0.334 e. The van der Waals surface area contributed by atoms with Gasteiger partial charge in [0, 0.05) is 13.6 Å². The highest BCUT2D eigenvalue weighted by Crippen LogP contribution is 2.60. The third kappa shape index (κ3) is 4.97. The van der Waals surface area contributed by atoms with E-state index in [0.29, 0.717) is 18.3 Å². The van der Waals surface area contributed by atoms with Gasteiger partial charge in [0.2, 0.25) is 0 Å². The second-order valence-electron chi connectivity index (χ2n) is 5.44. The summed E-state index contributed by atoms with van der Waals surface area (Å²) in [5.74, 6) is 0. The highest BCUT2D eigenvalue weighted by Gasteiger charge is 2.40. The lowest BCUT2D eigenvalue weighted by atomic mass is 9.99. The number of rotatable bonds is 6. The molecule has 0 saturated carbocycles. The second-order valence-corrected chi connectivity index (χ2v) is 6.97. The average Bonchev–Trinajstić information content (AvgIpc) is 3.10. The molecule has 0 unspecified atom stereocenters. The van der Waals surface area contributed by atoms with Gasteiger partial charge in [0.1, 0.15) is 12.2 Å². The summed E-state index contributed by atoms with van der Waals surface area (Å²) in [5.41, 5.74) is 2.17. The molecule has 0 bridgehead atoms. The molecule has 1 saturated heterocycles. The zero-order chi connectivity index (χ0) is 17.5. The van der Waals surface area contributed by atoms with E-state index in [1.165, 1.54) is 0 Å². The van der Waals surface area contributed by atoms with Gasteiger partial charge in [-0.1, -0.05) is 60.7 Å². The molecule has 5 nitrogen and oxygen atoms in total. The van der Waals surface area contributed by atoms with Crippen LogP contribution in [0.25, 0.3) is 0 Å². The summed E-state index contributed by atoms with van der Waals surface area (Å²) < 4.78 is 18.0. The van der Waals surface area contributed by atoms with Gasteiger partial charge in [0.25, 0.3) is 0 Å². The van der Waals surface area contributed by atoms with Gasteiger partial charge < -0.3 is 24.2 Å². The summed E-state index contributed by atoms with van der Waals surface area (Å²) in [7, 11) is 0.366. The van der Waals surface area contributed by atoms with Gasteiger partial charge in [0.15, 0.2) is 5.11 Å². The van der Waals surface area contributed by atoms with E-state index in [-0.39, 0.29) is 12.2 Å². The number of nitrogens with one attached hydrogen (secondary N) is 2. The van der Waals surface area contributed by atoms with Crippen LogP contribution in [0.2, 0.25) is 0 Å². The van der Waals surface area contributed by atoms with Gasteiger partial charge in [-0.3, -0.25) is 0 Å². The lowest BCUT2D eigenvalue weighted by Crippen LogP contribution is -2.34. The predicted molar refractivity (Wildman–Crippen MR) is 103 cm³/mol. The van der Waals surface area contributed by atoms with E-state index < -0.39 is 8.60 Å². The minimum atomic E-state index is -1.41. The van der Waals surface area contributed by atoms with Gasteiger partial charge in [-0.05, 0) is 23.3 Å². The van der Waals surface area contributed by atoms with E-state index >= 15 is 0 Å². The first-order valence-corrected chi connectivity index (χ1v) is 9.60. The highest BCUT2D eigenvalue weighted by atomic mass is 32.1. The summed E-state index contributed by atoms with van der Waals surface area (Å²) in [5, 5.41) is 6.49. The van der Waals surface area contributed by atoms with Crippen LogP contribution in [0, 0.1) is 0 Å². The van der Waals surface area contributed by atoms with E-state index in [9.17, 15) is 0 Å². The monoisotopic (exact) mass is 376 g/mol. The maximum absolute atomic E-state index is 6.09. The molecule has 2 N–H and O–H groups in total. The molecular weight excluding hydrogens is 355 g/mol. The van der Waals surface area contributed by atoms with Crippen molar-refractivity contribution >= 4 is 25.9 Å². The fourth-order valence-electron chi connectivity index (χ4n) is 2.51. The van der Waals surface area contributed by atoms with E-state index in [0.717, 1.165) is 11.1 Å². The minimum absolute atomic E-state index is 0.180. The molecule has 132 valence electrons. The van der Waals surface area contributed by atoms with Crippen molar-refractivity contribution in [1.82, 2.24) is 10.6 Å². The van der Waals surface area contributed by atoms with Crippen LogP contribution in [0.3, 0.4) is 0 Å². The van der Waals surface area contributed by atoms with Crippen LogP contribution in [0.5, 0.6) is 0 Å². The predicted octanol–water partition coefficient (Wildman–Crippen LogP) is 3.85. The summed E-state index contributed by atoms with van der Waals surface area (Å²) >= 11 is 5.03. The molecule has 0 spiro atoms. The van der Waals surface area contributed by atoms with Crippen molar-refractivity contribution in [3.63, 3.8) is 0 Å². The van der Waals surface area contributed by atoms with E-state index in [1.807, 2.05) is 36.4 Å². The van der Waals surface area contributed by atoms with Crippen LogP contribution in [-0.2, 0) is 13.6 Å². The third-order valence-corrected chi connectivity index (χ3v) is 5.28. The van der Waals surface area contributed by atoms with E-state index in [2.05, 4.69) is 34.9 Å². The Morgan fingerprint density at radius 2 is 1.52 bits per heavy atom. The molecule has 1 fully saturated rings. The zero-order valence-electron chi connectivity index (χ0n) is 13.9. The highest BCUT2D eigenvalue weighted by molar-refractivity contribution is 7.80. The van der Waals surface area contributed by atoms with Gasteiger partial charge in [-0.2, -0.15) is 0 Å². The minimum Gasteiger partial charge on any atom is -0.366 e. The van der Waals surface area contributed by atoms with Crippen LogP contribution in [0.4, 0.5) is 0 Å². The van der Waals surface area contributed by atoms with Crippen molar-refractivity contribution < 1.29 is 13.6 Å². The van der Waals surface area contributed by atoms with Gasteiger partial charge in [-0.15, -0.1) is 0 Å². The Labute approximate surface area is 154 Å². The normalized spacial score (nSPS) is 20.4. The van der Waals surface area contributed by atoms with Crippen molar-refractivity contribution in [2.24, 2.45) is 0 Å². The second kappa shape index (κ2) is 9.22. The Morgan fingerprint density at radius 1 is 1.00 bits per heavy atom. The zero-order valence-corrected chi connectivity index (χ0v) is 15.6. The average molecular weight is 376 g/mol. The molecule has 0 radical (unpaired) electrons. The Bertz CT molecular complexity index is 627. The first kappa shape index (κ1) is 18.2. The Balaban J connectivity index is 1.65. The lowest BCUT2D eigenvalue weighted by molar-refractivity contribution is 0.159. The molecule has 2 aromatic carbocycles. The van der Waals surface area contributed by atoms with Crippen molar-refractivity contribution in [2.75, 3.05) is 20.2 Å². The summed E-state index contributed by atoms with van der Waals surface area (Å²) in [4.78, 5) is 0. The summed E-state index contributed by atoms with van der Waals surface area (Å²) in [6, 6.07) is 20.2. The fraction of sp³-hybridized carbons (Fsp3) is 0.278. The number of thiocarbonyl (C=S) groups is 1. The Hall–Kier alpha value is -1.56. The molecule has 1 aliphatic heterocycles. The van der Waals surface area contributed by atoms with Crippen molar-refractivity contribution in [3.05, 3.63) is 71.8 Å². The summed E-state index contributed by atoms with van der Waals surface area (Å²) in [6.07, 6.45) is -0.359. The van der Waals surface area contributed by atoms with E-state index in [4.69, 9.17) is 25.8 Å². The number of benzene rings is 2. The number of hydrogen-bond acceptors (Lipinski definition) is 4. The lowest BCUT2D eigenvalue weighted by Gasteiger charge is -2.16. The maximum atomic E-state index is 6.09. The maximum Gasteiger partial charge on any atom is 0.334 e. The van der Waals surface area contributed by atoms with Crippen LogP contribution >= 0.6 is 20.8 Å². The SMILES string of the molecule is CNC(=S)NCCOP1O[C@H](c2ccccc2)[C@@H](c2ccccc2)O1. The van der Waals surface area contributed by atoms with E-state index in [1.54, 1.807) is 7.05 Å². The molecule has 0 amide bonds. The quantitative estimate of drug-likeness (QED) is 0.454. The Kier molecular flexibility index (Phi) is 6.73. The first-order chi connectivity index (χ1) is 12.3. The fourth-order valence-corrected chi connectivity index (χ4v) is 3.86. The number of hydrogen-bond donors (Lipinski definition) is 2. The van der Waals surface area contributed by atoms with Gasteiger partial charge in [-0.25, -0.2) is 0 Å². The molecule has 2 aromatic rings. The van der Waals surface area contributed by atoms with Crippen molar-refractivity contribution in [1.29, 1.82) is 0 Å². The Morgan fingerprint density at radius 3 is 2.00 bits per heavy atom. The molecule has 25 heavy (non-hydrogen) atoms. The van der Waals surface area contributed by atoms with Crippen molar-refractivity contribution in [2.45, 2.75) is 12.2 Å². The van der Waals surface area contributed by atoms with Crippen LogP contribution < -0.4 is 10.6 Å². The summed E-state index contributed by atoms with van der Waals surface area (Å²) in [6.45, 7) is 1.05. The molecule has 1 heterocycles. The molecule has 1 aliphatic rings. The van der Waals surface area contributed by atoms with Gasteiger partial charge >= 0.3 is 8.60 Å². The molecule has 2 atom stereocenters. The standard InChI is InChI=1S/C18H21N2O3PS/c1-19-18(25)20-12-13-21-24-22-16(14-8-4-2-5-9-14)17(23-24)15-10-6-3-7-11-15/h2-11,16-17H,12-13H2,1H3,(H2,19,20,25)/t16-,17-/m1/s1. The third-order valence-electron chi connectivity index (χ3n) is 3.74. The topological polar surface area (TPSA) is 51.8 Å². The van der Waals surface area contributed by atoms with Crippen LogP contribution in [0.15, 0.2) is 60.7 Å². The van der Waals surface area contributed by atoms with Crippen molar-refractivity contribution in [3.8, 4) is 0 Å². The molecule has 0 aliphatic carbocycles. The largest absolute Gasteiger partial charge is 0.366 e. The molecule has 3 rings (SSSR count). The molecule has 7 heteroatoms. The van der Waals surface area contributed by atoms with Crippen LogP contribution in [-0.4, -0.2) is 25.3 Å². The molecular formula is C18H21N2O3PS. The first-order valence-electron chi connectivity index (χ1n) is 8.10. The van der Waals surface area contributed by atoms with Crippen LogP contribution in [0.1, 0.15) is 23.3 Å².